The Balaban J connectivity index is 1.50. The quantitative estimate of drug-likeness (QED) is 0.663. The molecule has 126 valence electrons. The van der Waals surface area contributed by atoms with Gasteiger partial charge in [0.05, 0.1) is 17.1 Å². The molecule has 4 heterocycles. The van der Waals surface area contributed by atoms with Crippen LogP contribution in [0.1, 0.15) is 18.4 Å². The third-order valence-electron chi connectivity index (χ3n) is 4.97. The van der Waals surface area contributed by atoms with Crippen molar-refractivity contribution in [1.29, 1.82) is 0 Å². The Labute approximate surface area is 147 Å². The summed E-state index contributed by atoms with van der Waals surface area (Å²) in [6.07, 6.45) is 5.21. The van der Waals surface area contributed by atoms with Crippen LogP contribution in [0.25, 0.3) is 17.1 Å². The summed E-state index contributed by atoms with van der Waals surface area (Å²) in [6, 6.07) is 5.89. The number of carboxylic acids is 1. The van der Waals surface area contributed by atoms with Crippen molar-refractivity contribution in [3.05, 3.63) is 41.1 Å². The van der Waals surface area contributed by atoms with E-state index < -0.39 is 5.97 Å². The van der Waals surface area contributed by atoms with Crippen molar-refractivity contribution in [2.45, 2.75) is 30.6 Å². The van der Waals surface area contributed by atoms with Gasteiger partial charge >= 0.3 is 5.97 Å². The molecule has 1 atom stereocenters. The molecule has 0 bridgehead atoms. The molecule has 1 aromatic heterocycles. The van der Waals surface area contributed by atoms with Gasteiger partial charge in [-0.3, -0.25) is 9.69 Å². The van der Waals surface area contributed by atoms with Crippen LogP contribution in [0.3, 0.4) is 0 Å². The number of amides is 1. The first kappa shape index (κ1) is 14.8. The Kier molecular flexibility index (Phi) is 3.09. The monoisotopic (exact) mass is 353 g/mol. The number of β-lactam (4-membered cyclic amide) rings is 1. The highest BCUT2D eigenvalue weighted by Crippen LogP contribution is 2.39. The van der Waals surface area contributed by atoms with Gasteiger partial charge in [0, 0.05) is 17.9 Å². The van der Waals surface area contributed by atoms with Gasteiger partial charge in [-0.15, -0.1) is 0 Å². The van der Waals surface area contributed by atoms with Gasteiger partial charge in [-0.2, -0.15) is 0 Å². The van der Waals surface area contributed by atoms with E-state index in [1.807, 2.05) is 18.2 Å². The Hall–Kier alpha value is -2.54. The molecule has 0 saturated carbocycles. The number of rotatable bonds is 2. The number of imidazole rings is 1. The summed E-state index contributed by atoms with van der Waals surface area (Å²) < 4.78 is 2.24. The average Bonchev–Trinajstić information content (AvgIpc) is 3.18. The number of nitrogens with zero attached hydrogens (tertiary/aromatic N) is 3. The van der Waals surface area contributed by atoms with Gasteiger partial charge < -0.3 is 9.67 Å². The van der Waals surface area contributed by atoms with Crippen LogP contribution in [0.4, 0.5) is 0 Å². The van der Waals surface area contributed by atoms with Crippen molar-refractivity contribution in [2.24, 2.45) is 0 Å². The van der Waals surface area contributed by atoms with E-state index in [0.717, 1.165) is 40.5 Å². The first-order valence-electron chi connectivity index (χ1n) is 8.25. The number of thioether (sulfide) groups is 1. The number of aryl methyl sites for hydroxylation is 1. The lowest BCUT2D eigenvalue weighted by Gasteiger charge is -2.38. The van der Waals surface area contributed by atoms with Gasteiger partial charge in [-0.05, 0) is 36.6 Å². The molecule has 7 heteroatoms. The largest absolute Gasteiger partial charge is 0.477 e. The molecule has 0 unspecified atom stereocenters. The fourth-order valence-corrected chi connectivity index (χ4v) is 4.74. The highest BCUT2D eigenvalue weighted by atomic mass is 32.2. The molecular formula is C18H15N3O3S. The van der Waals surface area contributed by atoms with Crippen LogP contribution >= 0.6 is 11.8 Å². The summed E-state index contributed by atoms with van der Waals surface area (Å²) in [5.74, 6) is -0.146. The van der Waals surface area contributed by atoms with Crippen molar-refractivity contribution >= 4 is 40.7 Å². The summed E-state index contributed by atoms with van der Waals surface area (Å²) in [6.45, 7) is 0.972. The van der Waals surface area contributed by atoms with Crippen LogP contribution in [0.2, 0.25) is 0 Å². The topological polar surface area (TPSA) is 75.4 Å². The standard InChI is InChI=1S/C18H15N3O3S/c22-16-11(13-4-5-14(17(23)24)21(13)16)8-10-2-3-12-15(9-10)20-6-1-7-25-18(20)19-12/h2-3,5,8-9,13H,1,4,6-7H2,(H,23,24)/t13-/m1/s1. The van der Waals surface area contributed by atoms with Crippen molar-refractivity contribution in [3.8, 4) is 0 Å². The number of carboxylic acid groups (broad SMARTS) is 1. The molecule has 1 saturated heterocycles. The number of aliphatic carboxylic acids is 1. The normalized spacial score (nSPS) is 23.4. The molecule has 0 spiro atoms. The summed E-state index contributed by atoms with van der Waals surface area (Å²) >= 11 is 1.78. The van der Waals surface area contributed by atoms with Gasteiger partial charge in [-0.25, -0.2) is 9.78 Å². The number of aromatic nitrogens is 2. The Morgan fingerprint density at radius 3 is 3.12 bits per heavy atom. The van der Waals surface area contributed by atoms with Gasteiger partial charge in [0.2, 0.25) is 0 Å². The van der Waals surface area contributed by atoms with Crippen LogP contribution in [0.15, 0.2) is 40.7 Å². The van der Waals surface area contributed by atoms with Gasteiger partial charge in [0.1, 0.15) is 5.70 Å². The van der Waals surface area contributed by atoms with Crippen LogP contribution in [-0.4, -0.2) is 43.2 Å². The maximum Gasteiger partial charge on any atom is 0.352 e. The second-order valence-electron chi connectivity index (χ2n) is 6.42. The number of carbonyl (C=O) groups excluding carboxylic acids is 1. The number of carbonyl (C=O) groups is 2. The SMILES string of the molecule is O=C(O)C1=CC[C@@H]2C(=Cc3ccc4nc5n(c4c3)CCCS5)C(=O)N12. The summed E-state index contributed by atoms with van der Waals surface area (Å²) in [4.78, 5) is 29.5. The predicted octanol–water partition coefficient (Wildman–Crippen LogP) is 2.50. The smallest absolute Gasteiger partial charge is 0.352 e. The van der Waals surface area contributed by atoms with Crippen molar-refractivity contribution in [3.63, 3.8) is 0 Å². The van der Waals surface area contributed by atoms with Crippen molar-refractivity contribution in [1.82, 2.24) is 14.5 Å². The summed E-state index contributed by atoms with van der Waals surface area (Å²) in [5.41, 5.74) is 3.81. The van der Waals surface area contributed by atoms with Crippen molar-refractivity contribution in [2.75, 3.05) is 5.75 Å². The van der Waals surface area contributed by atoms with E-state index in [-0.39, 0.29) is 17.6 Å². The maximum atomic E-state index is 12.3. The molecule has 1 aromatic carbocycles. The summed E-state index contributed by atoms with van der Waals surface area (Å²) in [5, 5.41) is 10.2. The second-order valence-corrected chi connectivity index (χ2v) is 7.48. The predicted molar refractivity (Wildman–Crippen MR) is 94.0 cm³/mol. The van der Waals surface area contributed by atoms with Crippen LogP contribution in [0, 0.1) is 0 Å². The first-order valence-corrected chi connectivity index (χ1v) is 9.24. The molecule has 1 fully saturated rings. The van der Waals surface area contributed by atoms with Gasteiger partial charge in [0.25, 0.3) is 5.91 Å². The van der Waals surface area contributed by atoms with Crippen LogP contribution in [0.5, 0.6) is 0 Å². The zero-order valence-electron chi connectivity index (χ0n) is 13.3. The minimum absolute atomic E-state index is 0.101. The Morgan fingerprint density at radius 2 is 2.28 bits per heavy atom. The van der Waals surface area contributed by atoms with E-state index in [0.29, 0.717) is 12.0 Å². The lowest BCUT2D eigenvalue weighted by molar-refractivity contribution is -0.142. The molecule has 25 heavy (non-hydrogen) atoms. The Bertz CT molecular complexity index is 1000. The van der Waals surface area contributed by atoms with Gasteiger partial charge in [-0.1, -0.05) is 23.9 Å². The zero-order chi connectivity index (χ0) is 17.1. The van der Waals surface area contributed by atoms with Crippen LogP contribution in [-0.2, 0) is 16.1 Å². The lowest BCUT2D eigenvalue weighted by atomic mass is 9.92. The molecule has 1 amide bonds. The van der Waals surface area contributed by atoms with E-state index in [4.69, 9.17) is 5.11 Å². The van der Waals surface area contributed by atoms with E-state index in [1.54, 1.807) is 17.8 Å². The fraction of sp³-hybridized carbons (Fsp3) is 0.278. The molecule has 1 N–H and O–H groups in total. The molecule has 0 radical (unpaired) electrons. The van der Waals surface area contributed by atoms with Gasteiger partial charge in [0.15, 0.2) is 5.16 Å². The van der Waals surface area contributed by atoms with E-state index in [2.05, 4.69) is 15.6 Å². The third kappa shape index (κ3) is 2.08. The minimum atomic E-state index is -1.04. The molecule has 0 aliphatic carbocycles. The molecule has 6 nitrogen and oxygen atoms in total. The average molecular weight is 353 g/mol. The molecule has 5 rings (SSSR count). The fourth-order valence-electron chi connectivity index (χ4n) is 3.78. The zero-order valence-corrected chi connectivity index (χ0v) is 14.1. The maximum absolute atomic E-state index is 12.3. The molecule has 2 aromatic rings. The lowest BCUT2D eigenvalue weighted by Crippen LogP contribution is -2.52. The molecule has 3 aliphatic heterocycles. The van der Waals surface area contributed by atoms with E-state index in [9.17, 15) is 9.59 Å². The molecule has 3 aliphatic rings. The highest BCUT2D eigenvalue weighted by Gasteiger charge is 2.48. The van der Waals surface area contributed by atoms with Crippen molar-refractivity contribution < 1.29 is 14.7 Å². The summed E-state index contributed by atoms with van der Waals surface area (Å²) in [7, 11) is 0. The van der Waals surface area contributed by atoms with E-state index >= 15 is 0 Å². The minimum Gasteiger partial charge on any atom is -0.477 e. The van der Waals surface area contributed by atoms with Crippen LogP contribution < -0.4 is 0 Å². The second kappa shape index (κ2) is 5.23. The number of fused-ring (bicyclic) bond motifs is 4. The van der Waals surface area contributed by atoms with E-state index in [1.165, 1.54) is 4.90 Å². The third-order valence-corrected chi connectivity index (χ3v) is 6.03. The number of hydrogen-bond acceptors (Lipinski definition) is 4. The Morgan fingerprint density at radius 1 is 1.40 bits per heavy atom. The highest BCUT2D eigenvalue weighted by molar-refractivity contribution is 7.99. The number of benzene rings is 1. The first-order chi connectivity index (χ1) is 12.1. The number of hydrogen-bond donors (Lipinski definition) is 1. The molecular weight excluding hydrogens is 338 g/mol.